The van der Waals surface area contributed by atoms with Gasteiger partial charge in [-0.3, -0.25) is 9.59 Å². The standard InChI is InChI=1S/C27H37FN2O4/c1-5-17-29-27(32)23(6-2)30(19-21-9-13-22(28)14-10-21)26(31)16-12-20-11-15-24(33-7-3)25(18-20)34-8-4/h9-11,13-15,18,23H,5-8,12,16-17,19H2,1-4H3,(H,29,32). The molecule has 7 heteroatoms. The highest BCUT2D eigenvalue weighted by Crippen LogP contribution is 2.29. The zero-order valence-corrected chi connectivity index (χ0v) is 20.7. The van der Waals surface area contributed by atoms with Gasteiger partial charge in [-0.2, -0.15) is 0 Å². The molecule has 0 heterocycles. The Morgan fingerprint density at radius 1 is 0.941 bits per heavy atom. The fraction of sp³-hybridized carbons (Fsp3) is 0.481. The predicted molar refractivity (Wildman–Crippen MR) is 131 cm³/mol. The first-order chi connectivity index (χ1) is 16.4. The average Bonchev–Trinajstić information content (AvgIpc) is 2.84. The van der Waals surface area contributed by atoms with E-state index in [1.54, 1.807) is 17.0 Å². The maximum atomic E-state index is 13.4. The SMILES string of the molecule is CCCNC(=O)C(CC)N(Cc1ccc(F)cc1)C(=O)CCc1ccc(OCC)c(OCC)c1. The summed E-state index contributed by atoms with van der Waals surface area (Å²) < 4.78 is 24.7. The van der Waals surface area contributed by atoms with E-state index in [1.807, 2.05) is 45.9 Å². The molecule has 1 atom stereocenters. The van der Waals surface area contributed by atoms with E-state index >= 15 is 0 Å². The minimum atomic E-state index is -0.594. The third-order valence-corrected chi connectivity index (χ3v) is 5.44. The van der Waals surface area contributed by atoms with E-state index in [2.05, 4.69) is 5.32 Å². The molecule has 0 saturated carbocycles. The van der Waals surface area contributed by atoms with Gasteiger partial charge in [0.15, 0.2) is 11.5 Å². The number of hydrogen-bond acceptors (Lipinski definition) is 4. The van der Waals surface area contributed by atoms with Crippen LogP contribution >= 0.6 is 0 Å². The van der Waals surface area contributed by atoms with Crippen molar-refractivity contribution < 1.29 is 23.5 Å². The number of rotatable bonds is 14. The Labute approximate surface area is 202 Å². The largest absolute Gasteiger partial charge is 0.490 e. The number of carbonyl (C=O) groups excluding carboxylic acids is 2. The molecular weight excluding hydrogens is 435 g/mol. The molecule has 0 aliphatic carbocycles. The first kappa shape index (κ1) is 27.2. The van der Waals surface area contributed by atoms with Gasteiger partial charge in [-0.15, -0.1) is 0 Å². The van der Waals surface area contributed by atoms with Gasteiger partial charge in [0, 0.05) is 19.5 Å². The minimum absolute atomic E-state index is 0.130. The average molecular weight is 473 g/mol. The number of nitrogens with one attached hydrogen (secondary N) is 1. The lowest BCUT2D eigenvalue weighted by Crippen LogP contribution is -2.49. The highest BCUT2D eigenvalue weighted by molar-refractivity contribution is 5.87. The molecule has 2 rings (SSSR count). The molecule has 0 aliphatic rings. The topological polar surface area (TPSA) is 67.9 Å². The third-order valence-electron chi connectivity index (χ3n) is 5.44. The van der Waals surface area contributed by atoms with Gasteiger partial charge >= 0.3 is 0 Å². The molecule has 2 aromatic carbocycles. The van der Waals surface area contributed by atoms with E-state index < -0.39 is 6.04 Å². The quantitative estimate of drug-likeness (QED) is 0.425. The number of benzene rings is 2. The van der Waals surface area contributed by atoms with Gasteiger partial charge in [-0.25, -0.2) is 4.39 Å². The summed E-state index contributed by atoms with van der Waals surface area (Å²) in [5, 5.41) is 2.90. The highest BCUT2D eigenvalue weighted by Gasteiger charge is 2.28. The zero-order valence-electron chi connectivity index (χ0n) is 20.7. The summed E-state index contributed by atoms with van der Waals surface area (Å²) in [5.41, 5.74) is 1.72. The lowest BCUT2D eigenvalue weighted by molar-refractivity contribution is -0.141. The van der Waals surface area contributed by atoms with Crippen LogP contribution in [-0.2, 0) is 22.6 Å². The Hall–Kier alpha value is -3.09. The van der Waals surface area contributed by atoms with Crippen molar-refractivity contribution in [3.8, 4) is 11.5 Å². The fourth-order valence-electron chi connectivity index (χ4n) is 3.72. The summed E-state index contributed by atoms with van der Waals surface area (Å²) in [7, 11) is 0. The Morgan fingerprint density at radius 2 is 1.59 bits per heavy atom. The van der Waals surface area contributed by atoms with Gasteiger partial charge in [0.2, 0.25) is 11.8 Å². The molecule has 2 aromatic rings. The zero-order chi connectivity index (χ0) is 24.9. The maximum Gasteiger partial charge on any atom is 0.242 e. The number of nitrogens with zero attached hydrogens (tertiary/aromatic N) is 1. The van der Waals surface area contributed by atoms with Crippen molar-refractivity contribution in [2.75, 3.05) is 19.8 Å². The van der Waals surface area contributed by atoms with Crippen molar-refractivity contribution in [1.82, 2.24) is 10.2 Å². The molecule has 0 aliphatic heterocycles. The summed E-state index contributed by atoms with van der Waals surface area (Å²) in [6, 6.07) is 11.1. The van der Waals surface area contributed by atoms with Crippen LogP contribution in [0.2, 0.25) is 0 Å². The van der Waals surface area contributed by atoms with E-state index in [0.29, 0.717) is 44.1 Å². The second kappa shape index (κ2) is 14.2. The minimum Gasteiger partial charge on any atom is -0.490 e. The van der Waals surface area contributed by atoms with Crippen LogP contribution in [0, 0.1) is 5.82 Å². The van der Waals surface area contributed by atoms with Crippen LogP contribution in [0.3, 0.4) is 0 Å². The Morgan fingerprint density at radius 3 is 2.21 bits per heavy atom. The van der Waals surface area contributed by atoms with Crippen molar-refractivity contribution in [1.29, 1.82) is 0 Å². The summed E-state index contributed by atoms with van der Waals surface area (Å²) in [5.74, 6) is 0.697. The van der Waals surface area contributed by atoms with Crippen LogP contribution in [0.1, 0.15) is 58.1 Å². The maximum absolute atomic E-state index is 13.4. The number of ether oxygens (including phenoxy) is 2. The number of carbonyl (C=O) groups is 2. The molecule has 2 amide bonds. The molecule has 0 fully saturated rings. The summed E-state index contributed by atoms with van der Waals surface area (Å²) in [6.45, 7) is 9.54. The lowest BCUT2D eigenvalue weighted by atomic mass is 10.1. The van der Waals surface area contributed by atoms with E-state index in [-0.39, 0.29) is 30.6 Å². The molecule has 34 heavy (non-hydrogen) atoms. The smallest absolute Gasteiger partial charge is 0.242 e. The summed E-state index contributed by atoms with van der Waals surface area (Å²) in [6.07, 6.45) is 2.03. The monoisotopic (exact) mass is 472 g/mol. The lowest BCUT2D eigenvalue weighted by Gasteiger charge is -2.30. The molecular formula is C27H37FN2O4. The van der Waals surface area contributed by atoms with Crippen LogP contribution in [-0.4, -0.2) is 42.5 Å². The molecule has 0 bridgehead atoms. The number of halogens is 1. The first-order valence-electron chi connectivity index (χ1n) is 12.1. The van der Waals surface area contributed by atoms with Gasteiger partial charge in [-0.05, 0) is 68.5 Å². The number of hydrogen-bond donors (Lipinski definition) is 1. The summed E-state index contributed by atoms with van der Waals surface area (Å²) in [4.78, 5) is 27.8. The molecule has 6 nitrogen and oxygen atoms in total. The predicted octanol–water partition coefficient (Wildman–Crippen LogP) is 4.89. The molecule has 0 aromatic heterocycles. The van der Waals surface area contributed by atoms with Gasteiger partial charge in [0.25, 0.3) is 0 Å². The second-order valence-electron chi connectivity index (χ2n) is 8.01. The van der Waals surface area contributed by atoms with E-state index in [9.17, 15) is 14.0 Å². The van der Waals surface area contributed by atoms with Gasteiger partial charge in [0.05, 0.1) is 13.2 Å². The van der Waals surface area contributed by atoms with Gasteiger partial charge < -0.3 is 19.7 Å². The highest BCUT2D eigenvalue weighted by atomic mass is 19.1. The number of amides is 2. The molecule has 186 valence electrons. The number of aryl methyl sites for hydroxylation is 1. The van der Waals surface area contributed by atoms with Crippen molar-refractivity contribution in [2.24, 2.45) is 0 Å². The molecule has 1 unspecified atom stereocenters. The van der Waals surface area contributed by atoms with Crippen molar-refractivity contribution in [3.05, 3.63) is 59.4 Å². The first-order valence-corrected chi connectivity index (χ1v) is 12.1. The third kappa shape index (κ3) is 8.04. The Balaban J connectivity index is 2.20. The Bertz CT molecular complexity index is 917. The summed E-state index contributed by atoms with van der Waals surface area (Å²) >= 11 is 0. The van der Waals surface area contributed by atoms with Gasteiger partial charge in [0.1, 0.15) is 11.9 Å². The van der Waals surface area contributed by atoms with Crippen molar-refractivity contribution in [3.63, 3.8) is 0 Å². The van der Waals surface area contributed by atoms with Crippen LogP contribution in [0.25, 0.3) is 0 Å². The van der Waals surface area contributed by atoms with Crippen LogP contribution < -0.4 is 14.8 Å². The molecule has 0 radical (unpaired) electrons. The normalized spacial score (nSPS) is 11.6. The van der Waals surface area contributed by atoms with Crippen LogP contribution in [0.15, 0.2) is 42.5 Å². The molecule has 0 saturated heterocycles. The van der Waals surface area contributed by atoms with Crippen molar-refractivity contribution >= 4 is 11.8 Å². The molecule has 0 spiro atoms. The second-order valence-corrected chi connectivity index (χ2v) is 8.01. The van der Waals surface area contributed by atoms with E-state index in [4.69, 9.17) is 9.47 Å². The van der Waals surface area contributed by atoms with E-state index in [0.717, 1.165) is 17.5 Å². The fourth-order valence-corrected chi connectivity index (χ4v) is 3.72. The van der Waals surface area contributed by atoms with Crippen molar-refractivity contribution in [2.45, 2.75) is 66.0 Å². The molecule has 1 N–H and O–H groups in total. The Kier molecular flexibility index (Phi) is 11.4. The van der Waals surface area contributed by atoms with Crippen LogP contribution in [0.5, 0.6) is 11.5 Å². The van der Waals surface area contributed by atoms with E-state index in [1.165, 1.54) is 12.1 Å². The van der Waals surface area contributed by atoms with Crippen LogP contribution in [0.4, 0.5) is 4.39 Å². The van der Waals surface area contributed by atoms with Gasteiger partial charge in [-0.1, -0.05) is 32.0 Å².